The van der Waals surface area contributed by atoms with E-state index in [1.165, 1.54) is 6.07 Å². The Labute approximate surface area is 170 Å². The van der Waals surface area contributed by atoms with Gasteiger partial charge in [0.1, 0.15) is 18.7 Å². The zero-order valence-corrected chi connectivity index (χ0v) is 16.4. The second-order valence-electron chi connectivity index (χ2n) is 6.88. The van der Waals surface area contributed by atoms with Crippen LogP contribution in [0.2, 0.25) is 0 Å². The fourth-order valence-corrected chi connectivity index (χ4v) is 3.03. The number of ether oxygens (including phenoxy) is 1. The first-order valence-corrected chi connectivity index (χ1v) is 9.23. The van der Waals surface area contributed by atoms with Crippen molar-refractivity contribution in [3.8, 4) is 11.5 Å². The third-order valence-electron chi connectivity index (χ3n) is 4.74. The van der Waals surface area contributed by atoms with Gasteiger partial charge in [-0.25, -0.2) is 9.59 Å². The summed E-state index contributed by atoms with van der Waals surface area (Å²) in [4.78, 5) is 36.1. The van der Waals surface area contributed by atoms with Gasteiger partial charge in [-0.3, -0.25) is 4.79 Å². The predicted molar refractivity (Wildman–Crippen MR) is 108 cm³/mol. The van der Waals surface area contributed by atoms with Gasteiger partial charge in [0.25, 0.3) is 0 Å². The van der Waals surface area contributed by atoms with Crippen LogP contribution in [0.5, 0.6) is 0 Å². The minimum atomic E-state index is -0.761. The second kappa shape index (κ2) is 7.82. The summed E-state index contributed by atoms with van der Waals surface area (Å²) in [5.74, 6) is -1.33. The Hall–Kier alpha value is -3.94. The van der Waals surface area contributed by atoms with Gasteiger partial charge in [0.05, 0.1) is 0 Å². The number of fused-ring (bicyclic) bond motifs is 1. The van der Waals surface area contributed by atoms with Crippen LogP contribution in [0.25, 0.3) is 22.4 Å². The maximum atomic E-state index is 12.3. The van der Waals surface area contributed by atoms with E-state index < -0.39 is 23.9 Å². The van der Waals surface area contributed by atoms with Crippen molar-refractivity contribution in [1.82, 2.24) is 9.78 Å². The number of hydrogen-bond donors (Lipinski definition) is 0. The van der Waals surface area contributed by atoms with Crippen molar-refractivity contribution in [2.45, 2.75) is 27.0 Å². The van der Waals surface area contributed by atoms with E-state index in [-0.39, 0.29) is 12.5 Å². The summed E-state index contributed by atoms with van der Waals surface area (Å²) in [5.41, 5.74) is 3.05. The zero-order valence-electron chi connectivity index (χ0n) is 16.4. The van der Waals surface area contributed by atoms with Crippen molar-refractivity contribution >= 4 is 16.9 Å². The minimum absolute atomic E-state index is 0.117. The van der Waals surface area contributed by atoms with E-state index in [4.69, 9.17) is 13.6 Å². The Kier molecular flexibility index (Phi) is 5.05. The maximum absolute atomic E-state index is 12.3. The van der Waals surface area contributed by atoms with Crippen molar-refractivity contribution in [3.05, 3.63) is 86.2 Å². The first-order valence-electron chi connectivity index (χ1n) is 9.23. The molecule has 4 aromatic rings. The standard InChI is InChI=1S/C22H18N2O6/c1-13-8-17-16(10-19(25)29-18(17)9-14(13)2)12-28-20(26)11-24-22(27)30-21(23-24)15-6-4-3-5-7-15/h3-10H,11-12H2,1-2H3. The number of aryl methyl sites for hydroxylation is 2. The summed E-state index contributed by atoms with van der Waals surface area (Å²) < 4.78 is 16.5. The van der Waals surface area contributed by atoms with Crippen molar-refractivity contribution < 1.29 is 18.4 Å². The molecule has 8 heteroatoms. The highest BCUT2D eigenvalue weighted by Gasteiger charge is 2.15. The molecule has 0 atom stereocenters. The van der Waals surface area contributed by atoms with Crippen molar-refractivity contribution in [1.29, 1.82) is 0 Å². The molecule has 4 rings (SSSR count). The monoisotopic (exact) mass is 406 g/mol. The Morgan fingerprint density at radius 3 is 2.53 bits per heavy atom. The van der Waals surface area contributed by atoms with E-state index in [0.29, 0.717) is 22.1 Å². The molecule has 30 heavy (non-hydrogen) atoms. The lowest BCUT2D eigenvalue weighted by molar-refractivity contribution is -0.146. The van der Waals surface area contributed by atoms with Crippen molar-refractivity contribution in [3.63, 3.8) is 0 Å². The smallest absolute Gasteiger partial charge is 0.437 e. The first kappa shape index (κ1) is 19.4. The van der Waals surface area contributed by atoms with Gasteiger partial charge < -0.3 is 13.6 Å². The summed E-state index contributed by atoms with van der Waals surface area (Å²) in [5, 5.41) is 4.72. The number of rotatable bonds is 5. The van der Waals surface area contributed by atoms with E-state index in [0.717, 1.165) is 15.8 Å². The van der Waals surface area contributed by atoms with Crippen LogP contribution in [0.1, 0.15) is 16.7 Å². The van der Waals surface area contributed by atoms with E-state index in [1.807, 2.05) is 26.0 Å². The van der Waals surface area contributed by atoms with Crippen LogP contribution in [-0.4, -0.2) is 15.7 Å². The van der Waals surface area contributed by atoms with Crippen LogP contribution < -0.4 is 11.4 Å². The molecule has 0 amide bonds. The summed E-state index contributed by atoms with van der Waals surface area (Å²) in [6.45, 7) is 3.31. The molecule has 0 aliphatic carbocycles. The number of esters is 1. The number of nitrogens with zero attached hydrogens (tertiary/aromatic N) is 2. The SMILES string of the molecule is Cc1cc2oc(=O)cc(COC(=O)Cn3nc(-c4ccccc4)oc3=O)c2cc1C. The molecule has 2 aromatic heterocycles. The quantitative estimate of drug-likeness (QED) is 0.371. The minimum Gasteiger partial charge on any atom is -0.459 e. The van der Waals surface area contributed by atoms with Gasteiger partial charge in [-0.05, 0) is 49.2 Å². The molecule has 8 nitrogen and oxygen atoms in total. The van der Waals surface area contributed by atoms with Gasteiger partial charge in [-0.1, -0.05) is 18.2 Å². The van der Waals surface area contributed by atoms with Crippen LogP contribution >= 0.6 is 0 Å². The maximum Gasteiger partial charge on any atom is 0.437 e. The summed E-state index contributed by atoms with van der Waals surface area (Å²) >= 11 is 0. The van der Waals surface area contributed by atoms with E-state index in [2.05, 4.69) is 5.10 Å². The van der Waals surface area contributed by atoms with Gasteiger partial charge in [0.2, 0.25) is 5.89 Å². The molecule has 2 aromatic carbocycles. The van der Waals surface area contributed by atoms with E-state index in [1.54, 1.807) is 30.3 Å². The number of hydrogen-bond acceptors (Lipinski definition) is 7. The molecule has 0 N–H and O–H groups in total. The lowest BCUT2D eigenvalue weighted by Gasteiger charge is -2.09. The number of benzene rings is 2. The number of aromatic nitrogens is 2. The fourth-order valence-electron chi connectivity index (χ4n) is 3.03. The van der Waals surface area contributed by atoms with Crippen molar-refractivity contribution in [2.24, 2.45) is 0 Å². The average Bonchev–Trinajstić information content (AvgIpc) is 3.08. The topological polar surface area (TPSA) is 105 Å². The molecule has 0 radical (unpaired) electrons. The highest BCUT2D eigenvalue weighted by Crippen LogP contribution is 2.22. The zero-order chi connectivity index (χ0) is 21.3. The largest absolute Gasteiger partial charge is 0.459 e. The Morgan fingerprint density at radius 1 is 1.03 bits per heavy atom. The highest BCUT2D eigenvalue weighted by atomic mass is 16.5. The van der Waals surface area contributed by atoms with E-state index >= 15 is 0 Å². The number of carbonyl (C=O) groups is 1. The summed E-state index contributed by atoms with van der Waals surface area (Å²) in [7, 11) is 0. The van der Waals surface area contributed by atoms with Crippen LogP contribution in [0, 0.1) is 13.8 Å². The molecule has 152 valence electrons. The Balaban J connectivity index is 1.51. The third-order valence-corrected chi connectivity index (χ3v) is 4.74. The van der Waals surface area contributed by atoms with Crippen molar-refractivity contribution in [2.75, 3.05) is 0 Å². The van der Waals surface area contributed by atoms with Crippen LogP contribution in [-0.2, 0) is 22.7 Å². The molecule has 0 aliphatic rings. The highest BCUT2D eigenvalue weighted by molar-refractivity contribution is 5.82. The molecule has 0 saturated heterocycles. The van der Waals surface area contributed by atoms with Crippen LogP contribution in [0.15, 0.2) is 67.0 Å². The molecule has 2 heterocycles. The first-order chi connectivity index (χ1) is 14.4. The van der Waals surface area contributed by atoms with Gasteiger partial charge in [0, 0.05) is 22.6 Å². The van der Waals surface area contributed by atoms with Crippen LogP contribution in [0.4, 0.5) is 0 Å². The molecular weight excluding hydrogens is 388 g/mol. The molecule has 0 aliphatic heterocycles. The normalized spacial score (nSPS) is 11.0. The molecule has 0 saturated carbocycles. The average molecular weight is 406 g/mol. The third kappa shape index (κ3) is 3.93. The second-order valence-corrected chi connectivity index (χ2v) is 6.88. The lowest BCUT2D eigenvalue weighted by Crippen LogP contribution is -2.23. The molecule has 0 unspecified atom stereocenters. The van der Waals surface area contributed by atoms with Gasteiger partial charge in [-0.15, -0.1) is 5.10 Å². The molecular formula is C22H18N2O6. The van der Waals surface area contributed by atoms with E-state index in [9.17, 15) is 14.4 Å². The Bertz CT molecular complexity index is 1350. The van der Waals surface area contributed by atoms with Crippen LogP contribution in [0.3, 0.4) is 0 Å². The lowest BCUT2D eigenvalue weighted by atomic mass is 10.0. The van der Waals surface area contributed by atoms with Gasteiger partial charge in [-0.2, -0.15) is 4.68 Å². The predicted octanol–water partition coefficient (Wildman–Crippen LogP) is 2.97. The van der Waals surface area contributed by atoms with Gasteiger partial charge >= 0.3 is 17.4 Å². The molecule has 0 fully saturated rings. The fraction of sp³-hybridized carbons (Fsp3) is 0.182. The molecule has 0 spiro atoms. The summed E-state index contributed by atoms with van der Waals surface area (Å²) in [6, 6.07) is 13.8. The number of carbonyl (C=O) groups excluding carboxylic acids is 1. The molecule has 0 bridgehead atoms. The summed E-state index contributed by atoms with van der Waals surface area (Å²) in [6.07, 6.45) is 0. The Morgan fingerprint density at radius 2 is 1.77 bits per heavy atom. The van der Waals surface area contributed by atoms with Gasteiger partial charge in [0.15, 0.2) is 0 Å².